The number of hydrogen-bond donors (Lipinski definition) is 0. The summed E-state index contributed by atoms with van der Waals surface area (Å²) in [4.78, 5) is 12.1. The van der Waals surface area contributed by atoms with E-state index in [1.54, 1.807) is 48.9 Å². The van der Waals surface area contributed by atoms with Gasteiger partial charge < -0.3 is 13.6 Å². The molecule has 0 saturated heterocycles. The van der Waals surface area contributed by atoms with Gasteiger partial charge in [0.1, 0.15) is 22.8 Å². The second-order valence-electron chi connectivity index (χ2n) is 4.55. The molecule has 6 heteroatoms. The van der Waals surface area contributed by atoms with Gasteiger partial charge in [0.15, 0.2) is 0 Å². The average molecular weight is 349 g/mol. The summed E-state index contributed by atoms with van der Waals surface area (Å²) in [6.07, 6.45) is 7.78. The van der Waals surface area contributed by atoms with Gasteiger partial charge in [-0.2, -0.15) is 0 Å². The lowest BCUT2D eigenvalue weighted by Crippen LogP contribution is -2.03. The van der Waals surface area contributed by atoms with Gasteiger partial charge in [-0.1, -0.05) is 29.3 Å². The molecule has 2 heterocycles. The van der Waals surface area contributed by atoms with Crippen LogP contribution in [0, 0.1) is 0 Å². The maximum atomic E-state index is 12.1. The van der Waals surface area contributed by atoms with Crippen molar-refractivity contribution in [2.24, 2.45) is 0 Å². The lowest BCUT2D eigenvalue weighted by Gasteiger charge is -2.07. The maximum Gasteiger partial charge on any atom is 0.227 e. The third-order valence-electron chi connectivity index (χ3n) is 2.94. The standard InChI is InChI=1S/C17H10Cl2O4/c18-13-2-1-3-15(17(13)19)23-16-10-22-12(8-14(16)20)5-4-11-6-7-21-9-11/h1-10H/b5-4+. The molecule has 0 radical (unpaired) electrons. The fraction of sp³-hybridized carbons (Fsp3) is 0. The highest BCUT2D eigenvalue weighted by Crippen LogP contribution is 2.33. The van der Waals surface area contributed by atoms with Crippen LogP contribution in [0.5, 0.6) is 11.5 Å². The Bertz CT molecular complexity index is 895. The fourth-order valence-electron chi connectivity index (χ4n) is 1.81. The van der Waals surface area contributed by atoms with E-state index >= 15 is 0 Å². The smallest absolute Gasteiger partial charge is 0.227 e. The zero-order valence-electron chi connectivity index (χ0n) is 11.7. The number of ether oxygens (including phenoxy) is 1. The molecule has 0 amide bonds. The normalized spacial score (nSPS) is 11.0. The van der Waals surface area contributed by atoms with Gasteiger partial charge in [-0.05, 0) is 30.4 Å². The molecule has 0 N–H and O–H groups in total. The molecule has 0 aliphatic carbocycles. The molecule has 4 nitrogen and oxygen atoms in total. The minimum atomic E-state index is -0.334. The van der Waals surface area contributed by atoms with Crippen molar-refractivity contribution in [2.45, 2.75) is 0 Å². The topological polar surface area (TPSA) is 52.6 Å². The molecular formula is C17H10Cl2O4. The number of benzene rings is 1. The zero-order chi connectivity index (χ0) is 16.2. The summed E-state index contributed by atoms with van der Waals surface area (Å²) >= 11 is 11.9. The van der Waals surface area contributed by atoms with Crippen molar-refractivity contribution in [3.63, 3.8) is 0 Å². The molecule has 0 aliphatic heterocycles. The Morgan fingerprint density at radius 1 is 1.04 bits per heavy atom. The highest BCUT2D eigenvalue weighted by Gasteiger charge is 2.10. The van der Waals surface area contributed by atoms with Gasteiger partial charge >= 0.3 is 0 Å². The van der Waals surface area contributed by atoms with E-state index in [2.05, 4.69) is 0 Å². The van der Waals surface area contributed by atoms with Crippen molar-refractivity contribution in [3.05, 3.63) is 80.7 Å². The summed E-state index contributed by atoms with van der Waals surface area (Å²) in [5.74, 6) is 0.698. The van der Waals surface area contributed by atoms with Gasteiger partial charge in [0.25, 0.3) is 0 Å². The minimum absolute atomic E-state index is 0.0228. The van der Waals surface area contributed by atoms with E-state index in [0.717, 1.165) is 5.56 Å². The van der Waals surface area contributed by atoms with Crippen LogP contribution in [0.4, 0.5) is 0 Å². The molecule has 0 spiro atoms. The summed E-state index contributed by atoms with van der Waals surface area (Å²) in [5.41, 5.74) is 0.526. The van der Waals surface area contributed by atoms with E-state index in [4.69, 9.17) is 36.8 Å². The van der Waals surface area contributed by atoms with Crippen LogP contribution in [0.1, 0.15) is 11.3 Å². The summed E-state index contributed by atoms with van der Waals surface area (Å²) < 4.78 is 15.8. The van der Waals surface area contributed by atoms with Crippen molar-refractivity contribution < 1.29 is 13.6 Å². The molecule has 116 valence electrons. The molecule has 0 aliphatic rings. The van der Waals surface area contributed by atoms with Crippen LogP contribution in [0.15, 0.2) is 62.8 Å². The predicted molar refractivity (Wildman–Crippen MR) is 89.2 cm³/mol. The van der Waals surface area contributed by atoms with Crippen LogP contribution >= 0.6 is 23.2 Å². The maximum absolute atomic E-state index is 12.1. The molecule has 0 saturated carbocycles. The van der Waals surface area contributed by atoms with Gasteiger partial charge in [-0.3, -0.25) is 4.79 Å². The van der Waals surface area contributed by atoms with E-state index in [1.807, 2.05) is 0 Å². The van der Waals surface area contributed by atoms with Crippen LogP contribution < -0.4 is 10.2 Å². The molecule has 0 bridgehead atoms. The van der Waals surface area contributed by atoms with Gasteiger partial charge in [0.2, 0.25) is 11.2 Å². The monoisotopic (exact) mass is 348 g/mol. The SMILES string of the molecule is O=c1cc(/C=C/c2ccoc2)occ1Oc1cccc(Cl)c1Cl. The third-order valence-corrected chi connectivity index (χ3v) is 3.74. The lowest BCUT2D eigenvalue weighted by atomic mass is 10.2. The van der Waals surface area contributed by atoms with E-state index < -0.39 is 0 Å². The van der Waals surface area contributed by atoms with Crippen molar-refractivity contribution in [2.75, 3.05) is 0 Å². The Hall–Kier alpha value is -2.43. The lowest BCUT2D eigenvalue weighted by molar-refractivity contribution is 0.436. The summed E-state index contributed by atoms with van der Waals surface area (Å²) in [5, 5.41) is 0.575. The van der Waals surface area contributed by atoms with E-state index in [-0.39, 0.29) is 22.0 Å². The molecule has 0 unspecified atom stereocenters. The molecule has 3 aromatic rings. The second-order valence-corrected chi connectivity index (χ2v) is 5.34. The highest BCUT2D eigenvalue weighted by atomic mass is 35.5. The highest BCUT2D eigenvalue weighted by molar-refractivity contribution is 6.42. The summed E-state index contributed by atoms with van der Waals surface area (Å²) in [6.45, 7) is 0. The second kappa shape index (κ2) is 6.77. The van der Waals surface area contributed by atoms with Crippen molar-refractivity contribution in [1.82, 2.24) is 0 Å². The van der Waals surface area contributed by atoms with Crippen molar-refractivity contribution >= 4 is 35.4 Å². The molecule has 2 aromatic heterocycles. The Labute approximate surface area is 141 Å². The quantitative estimate of drug-likeness (QED) is 0.624. The van der Waals surface area contributed by atoms with Gasteiger partial charge in [-0.25, -0.2) is 0 Å². The average Bonchev–Trinajstić information content (AvgIpc) is 3.05. The first-order valence-corrected chi connectivity index (χ1v) is 7.34. The third kappa shape index (κ3) is 3.67. The summed E-state index contributed by atoms with van der Waals surface area (Å²) in [6, 6.07) is 8.02. The van der Waals surface area contributed by atoms with Crippen LogP contribution in [0.2, 0.25) is 10.0 Å². The Kier molecular flexibility index (Phi) is 4.55. The number of rotatable bonds is 4. The van der Waals surface area contributed by atoms with Crippen molar-refractivity contribution in [1.29, 1.82) is 0 Å². The largest absolute Gasteiger partial charge is 0.472 e. The Morgan fingerprint density at radius 3 is 2.65 bits per heavy atom. The number of halogens is 2. The molecule has 1 aromatic carbocycles. The van der Waals surface area contributed by atoms with Crippen LogP contribution in [0.3, 0.4) is 0 Å². The zero-order valence-corrected chi connectivity index (χ0v) is 13.2. The Balaban J connectivity index is 1.82. The number of furan rings is 1. The first-order chi connectivity index (χ1) is 11.1. The summed E-state index contributed by atoms with van der Waals surface area (Å²) in [7, 11) is 0. The molecule has 3 rings (SSSR count). The Morgan fingerprint density at radius 2 is 1.91 bits per heavy atom. The first-order valence-electron chi connectivity index (χ1n) is 6.58. The van der Waals surface area contributed by atoms with Crippen LogP contribution in [0.25, 0.3) is 12.2 Å². The molecule has 23 heavy (non-hydrogen) atoms. The predicted octanol–water partition coefficient (Wildman–Crippen LogP) is 5.50. The van der Waals surface area contributed by atoms with Crippen molar-refractivity contribution in [3.8, 4) is 11.5 Å². The first kappa shape index (κ1) is 15.5. The minimum Gasteiger partial charge on any atom is -0.472 e. The molecule has 0 atom stereocenters. The van der Waals surface area contributed by atoms with Gasteiger partial charge in [-0.15, -0.1) is 0 Å². The van der Waals surface area contributed by atoms with Crippen LogP contribution in [-0.2, 0) is 0 Å². The number of hydrogen-bond acceptors (Lipinski definition) is 4. The van der Waals surface area contributed by atoms with Gasteiger partial charge in [0, 0.05) is 11.6 Å². The molecule has 0 fully saturated rings. The molecular weight excluding hydrogens is 339 g/mol. The van der Waals surface area contributed by atoms with Crippen LogP contribution in [-0.4, -0.2) is 0 Å². The van der Waals surface area contributed by atoms with Gasteiger partial charge in [0.05, 0.1) is 17.5 Å². The van der Waals surface area contributed by atoms with E-state index in [0.29, 0.717) is 10.8 Å². The van der Waals surface area contributed by atoms with E-state index in [1.165, 1.54) is 12.3 Å². The fourth-order valence-corrected chi connectivity index (χ4v) is 2.14. The van der Waals surface area contributed by atoms with E-state index in [9.17, 15) is 4.79 Å².